The average molecular weight is 259 g/mol. The van der Waals surface area contributed by atoms with Crippen LogP contribution in [0.25, 0.3) is 0 Å². The van der Waals surface area contributed by atoms with Gasteiger partial charge in [0.15, 0.2) is 0 Å². The van der Waals surface area contributed by atoms with Gasteiger partial charge in [-0.2, -0.15) is 13.2 Å². The quantitative estimate of drug-likeness (QED) is 0.880. The molecule has 0 spiro atoms. The first-order valence-corrected chi connectivity index (χ1v) is 6.08. The molecule has 0 aromatic heterocycles. The van der Waals surface area contributed by atoms with Crippen LogP contribution >= 0.6 is 0 Å². The zero-order chi connectivity index (χ0) is 13.2. The predicted molar refractivity (Wildman–Crippen MR) is 62.2 cm³/mol. The van der Waals surface area contributed by atoms with Crippen LogP contribution in [0.4, 0.5) is 13.2 Å². The second kappa shape index (κ2) is 5.18. The number of rotatable bonds is 2. The Labute approximate surface area is 104 Å². The van der Waals surface area contributed by atoms with Gasteiger partial charge in [0.1, 0.15) is 5.75 Å². The third kappa shape index (κ3) is 3.16. The zero-order valence-corrected chi connectivity index (χ0v) is 10.0. The molecule has 5 heteroatoms. The molecule has 0 atom stereocenters. The second-order valence-corrected chi connectivity index (χ2v) is 4.68. The number of phenolic OH excluding ortho intramolecular Hbond substituents is 1. The van der Waals surface area contributed by atoms with Crippen molar-refractivity contribution >= 4 is 0 Å². The summed E-state index contributed by atoms with van der Waals surface area (Å²) >= 11 is 0. The normalized spacial score (nSPS) is 17.9. The molecule has 2 nitrogen and oxygen atoms in total. The summed E-state index contributed by atoms with van der Waals surface area (Å²) in [6, 6.07) is 3.20. The predicted octanol–water partition coefficient (Wildman–Crippen LogP) is 3.40. The Morgan fingerprint density at radius 3 is 2.33 bits per heavy atom. The van der Waals surface area contributed by atoms with E-state index in [1.807, 2.05) is 0 Å². The molecule has 1 saturated heterocycles. The molecule has 1 fully saturated rings. The van der Waals surface area contributed by atoms with E-state index in [1.54, 1.807) is 0 Å². The van der Waals surface area contributed by atoms with E-state index in [9.17, 15) is 18.3 Å². The van der Waals surface area contributed by atoms with Crippen molar-refractivity contribution in [2.75, 3.05) is 13.1 Å². The van der Waals surface area contributed by atoms with Crippen molar-refractivity contribution in [3.05, 3.63) is 29.3 Å². The fourth-order valence-electron chi connectivity index (χ4n) is 2.23. The third-order valence-corrected chi connectivity index (χ3v) is 3.26. The van der Waals surface area contributed by atoms with E-state index in [-0.39, 0.29) is 5.75 Å². The number of aromatic hydroxyl groups is 1. The number of halogens is 3. The van der Waals surface area contributed by atoms with E-state index in [0.717, 1.165) is 38.1 Å². The van der Waals surface area contributed by atoms with Crippen LogP contribution in [0.5, 0.6) is 5.75 Å². The molecule has 0 bridgehead atoms. The van der Waals surface area contributed by atoms with Crippen molar-refractivity contribution in [2.24, 2.45) is 0 Å². The van der Waals surface area contributed by atoms with E-state index in [4.69, 9.17) is 0 Å². The highest BCUT2D eigenvalue weighted by atomic mass is 19.4. The van der Waals surface area contributed by atoms with Crippen molar-refractivity contribution in [3.63, 3.8) is 0 Å². The molecular weight excluding hydrogens is 243 g/mol. The Morgan fingerprint density at radius 2 is 1.78 bits per heavy atom. The molecule has 1 N–H and O–H groups in total. The van der Waals surface area contributed by atoms with Crippen LogP contribution < -0.4 is 0 Å². The van der Waals surface area contributed by atoms with E-state index >= 15 is 0 Å². The maximum atomic E-state index is 12.4. The first kappa shape index (κ1) is 13.2. The van der Waals surface area contributed by atoms with Crippen LogP contribution in [0.15, 0.2) is 18.2 Å². The van der Waals surface area contributed by atoms with Gasteiger partial charge in [-0.05, 0) is 38.1 Å². The molecule has 0 radical (unpaired) electrons. The van der Waals surface area contributed by atoms with E-state index in [0.29, 0.717) is 12.1 Å². The summed E-state index contributed by atoms with van der Waals surface area (Å²) in [4.78, 5) is 2.16. The van der Waals surface area contributed by atoms with Crippen molar-refractivity contribution < 1.29 is 18.3 Å². The number of likely N-dealkylation sites (tertiary alicyclic amines) is 1. The van der Waals surface area contributed by atoms with Gasteiger partial charge in [0, 0.05) is 12.1 Å². The summed E-state index contributed by atoms with van der Waals surface area (Å²) in [6.07, 6.45) is -0.973. The first-order valence-electron chi connectivity index (χ1n) is 6.08. The monoisotopic (exact) mass is 259 g/mol. The molecule has 1 aliphatic rings. The number of nitrogens with zero attached hydrogens (tertiary/aromatic N) is 1. The fourth-order valence-corrected chi connectivity index (χ4v) is 2.23. The number of alkyl halides is 3. The Kier molecular flexibility index (Phi) is 3.80. The fraction of sp³-hybridized carbons (Fsp3) is 0.538. The lowest BCUT2D eigenvalue weighted by Crippen LogP contribution is -2.29. The van der Waals surface area contributed by atoms with Gasteiger partial charge < -0.3 is 5.11 Å². The molecule has 2 rings (SSSR count). The maximum Gasteiger partial charge on any atom is 0.416 e. The van der Waals surface area contributed by atoms with Gasteiger partial charge in [0.2, 0.25) is 0 Å². The molecule has 1 heterocycles. The number of hydrogen-bond donors (Lipinski definition) is 1. The molecule has 1 aromatic carbocycles. The summed E-state index contributed by atoms with van der Waals surface area (Å²) in [5, 5.41) is 9.66. The van der Waals surface area contributed by atoms with Gasteiger partial charge in [0.25, 0.3) is 0 Å². The van der Waals surface area contributed by atoms with Gasteiger partial charge in [0.05, 0.1) is 5.56 Å². The van der Waals surface area contributed by atoms with Crippen LogP contribution in [0, 0.1) is 0 Å². The first-order chi connectivity index (χ1) is 8.47. The topological polar surface area (TPSA) is 23.5 Å². The molecule has 0 unspecified atom stereocenters. The van der Waals surface area contributed by atoms with Crippen LogP contribution in [0.3, 0.4) is 0 Å². The molecule has 0 aliphatic carbocycles. The van der Waals surface area contributed by atoms with Crippen molar-refractivity contribution in [1.82, 2.24) is 4.90 Å². The minimum absolute atomic E-state index is 0.268. The third-order valence-electron chi connectivity index (χ3n) is 3.26. The van der Waals surface area contributed by atoms with E-state index in [1.165, 1.54) is 12.5 Å². The second-order valence-electron chi connectivity index (χ2n) is 4.68. The van der Waals surface area contributed by atoms with Gasteiger partial charge in [-0.3, -0.25) is 4.90 Å². The van der Waals surface area contributed by atoms with Gasteiger partial charge >= 0.3 is 6.18 Å². The lowest BCUT2D eigenvalue weighted by atomic mass is 10.1. The Morgan fingerprint density at radius 1 is 1.11 bits per heavy atom. The summed E-state index contributed by atoms with van der Waals surface area (Å²) in [7, 11) is 0. The Hall–Kier alpha value is -1.23. The highest BCUT2D eigenvalue weighted by Gasteiger charge is 2.31. The Bertz CT molecular complexity index is 411. The van der Waals surface area contributed by atoms with Crippen LogP contribution in [0.1, 0.15) is 30.4 Å². The average Bonchev–Trinajstić information content (AvgIpc) is 2.32. The molecular formula is C13H16F3NO. The zero-order valence-electron chi connectivity index (χ0n) is 10.0. The molecule has 1 aromatic rings. The molecule has 18 heavy (non-hydrogen) atoms. The van der Waals surface area contributed by atoms with Crippen LogP contribution in [-0.4, -0.2) is 23.1 Å². The minimum Gasteiger partial charge on any atom is -0.508 e. The minimum atomic E-state index is -4.40. The Balaban J connectivity index is 2.09. The van der Waals surface area contributed by atoms with E-state index in [2.05, 4.69) is 4.90 Å². The maximum absolute atomic E-state index is 12.4. The highest BCUT2D eigenvalue weighted by molar-refractivity contribution is 5.37. The number of piperidine rings is 1. The lowest BCUT2D eigenvalue weighted by Gasteiger charge is -2.26. The van der Waals surface area contributed by atoms with Crippen molar-refractivity contribution in [3.8, 4) is 5.75 Å². The number of phenols is 1. The molecule has 1 aliphatic heterocycles. The SMILES string of the molecule is Oc1cc(C(F)(F)F)ccc1CN1CCCCC1. The van der Waals surface area contributed by atoms with E-state index < -0.39 is 11.7 Å². The van der Waals surface area contributed by atoms with Crippen LogP contribution in [-0.2, 0) is 12.7 Å². The lowest BCUT2D eigenvalue weighted by molar-refractivity contribution is -0.137. The van der Waals surface area contributed by atoms with Crippen LogP contribution in [0.2, 0.25) is 0 Å². The molecule has 0 amide bonds. The van der Waals surface area contributed by atoms with Gasteiger partial charge in [-0.25, -0.2) is 0 Å². The standard InChI is InChI=1S/C13H16F3NO/c14-13(15,16)11-5-4-10(12(18)8-11)9-17-6-2-1-3-7-17/h4-5,8,18H,1-3,6-7,9H2. The summed E-state index contributed by atoms with van der Waals surface area (Å²) in [6.45, 7) is 2.41. The largest absolute Gasteiger partial charge is 0.508 e. The van der Waals surface area contributed by atoms with Crippen molar-refractivity contribution in [1.29, 1.82) is 0 Å². The molecule has 0 saturated carbocycles. The van der Waals surface area contributed by atoms with Gasteiger partial charge in [-0.1, -0.05) is 12.5 Å². The molecule has 100 valence electrons. The van der Waals surface area contributed by atoms with Gasteiger partial charge in [-0.15, -0.1) is 0 Å². The highest BCUT2D eigenvalue weighted by Crippen LogP contribution is 2.33. The summed E-state index contributed by atoms with van der Waals surface area (Å²) < 4.78 is 37.3. The smallest absolute Gasteiger partial charge is 0.416 e. The van der Waals surface area contributed by atoms with Crippen molar-refractivity contribution in [2.45, 2.75) is 32.0 Å². The number of hydrogen-bond acceptors (Lipinski definition) is 2. The summed E-state index contributed by atoms with van der Waals surface area (Å²) in [5.41, 5.74) is -0.243. The summed E-state index contributed by atoms with van der Waals surface area (Å²) in [5.74, 6) is -0.268. The number of benzene rings is 1.